The molecule has 2 fully saturated rings. The number of hydrogen-bond acceptors (Lipinski definition) is 6. The van der Waals surface area contributed by atoms with Crippen molar-refractivity contribution in [2.45, 2.75) is 37.2 Å². The summed E-state index contributed by atoms with van der Waals surface area (Å²) in [4.78, 5) is 16.8. The summed E-state index contributed by atoms with van der Waals surface area (Å²) >= 11 is 0. The van der Waals surface area contributed by atoms with Gasteiger partial charge in [-0.1, -0.05) is 48.5 Å². The Labute approximate surface area is 215 Å². The van der Waals surface area contributed by atoms with Crippen molar-refractivity contribution in [1.29, 1.82) is 0 Å². The van der Waals surface area contributed by atoms with Crippen molar-refractivity contribution in [3.05, 3.63) is 78.9 Å². The van der Waals surface area contributed by atoms with Crippen LogP contribution in [0.15, 0.2) is 73.1 Å². The molecule has 7 heteroatoms. The highest BCUT2D eigenvalue weighted by atomic mass is 16.3. The maximum Gasteiger partial charge on any atom is 0.150 e. The molecule has 0 atom stereocenters. The van der Waals surface area contributed by atoms with Crippen molar-refractivity contribution < 1.29 is 5.11 Å². The summed E-state index contributed by atoms with van der Waals surface area (Å²) in [6, 6.07) is 20.6. The van der Waals surface area contributed by atoms with Gasteiger partial charge in [0.05, 0.1) is 16.8 Å². The Morgan fingerprint density at radius 3 is 2.54 bits per heavy atom. The zero-order chi connectivity index (χ0) is 25.0. The van der Waals surface area contributed by atoms with E-state index >= 15 is 0 Å². The first kappa shape index (κ1) is 22.4. The van der Waals surface area contributed by atoms with Gasteiger partial charge < -0.3 is 15.7 Å². The van der Waals surface area contributed by atoms with Crippen molar-refractivity contribution in [3.63, 3.8) is 0 Å². The summed E-state index contributed by atoms with van der Waals surface area (Å²) in [5, 5.41) is 12.2. The second-order valence-electron chi connectivity index (χ2n) is 10.6. The van der Waals surface area contributed by atoms with Crippen LogP contribution in [0.4, 0.5) is 5.82 Å². The van der Waals surface area contributed by atoms with Gasteiger partial charge in [-0.2, -0.15) is 0 Å². The maximum atomic E-state index is 11.2. The van der Waals surface area contributed by atoms with E-state index in [1.54, 1.807) is 6.20 Å². The molecule has 3 aromatic heterocycles. The number of pyridine rings is 1. The van der Waals surface area contributed by atoms with E-state index in [4.69, 9.17) is 15.7 Å². The Balaban J connectivity index is 1.26. The van der Waals surface area contributed by atoms with Crippen LogP contribution >= 0.6 is 0 Å². The molecular weight excluding hydrogens is 460 g/mol. The standard InChI is InChI=1S/C30H30N6O/c31-28-27-26(22-9-8-21-10-11-24(33-25(21)16-22)20-6-2-1-3-7-20)34-29(36(27)15-12-32-28)23-17-30(37,18-23)19-35-13-4-5-14-35/h1-3,6-12,15-16,23,37H,4-5,13-14,17-19H2,(H2,31,32). The fourth-order valence-corrected chi connectivity index (χ4v) is 6.14. The molecule has 0 unspecified atom stereocenters. The largest absolute Gasteiger partial charge is 0.389 e. The number of fused-ring (bicyclic) bond motifs is 2. The fourth-order valence-electron chi connectivity index (χ4n) is 6.14. The summed E-state index contributed by atoms with van der Waals surface area (Å²) in [6.45, 7) is 2.94. The van der Waals surface area contributed by atoms with Crippen LogP contribution in [0.3, 0.4) is 0 Å². The normalized spacial score (nSPS) is 22.0. The number of nitrogens with zero attached hydrogens (tertiary/aromatic N) is 5. The Morgan fingerprint density at radius 2 is 1.73 bits per heavy atom. The van der Waals surface area contributed by atoms with Crippen molar-refractivity contribution in [1.82, 2.24) is 24.3 Å². The number of aromatic nitrogens is 4. The molecular formula is C30H30N6O. The average molecular weight is 491 g/mol. The van der Waals surface area contributed by atoms with Crippen LogP contribution in [0.25, 0.3) is 38.9 Å². The molecule has 0 bridgehead atoms. The Bertz CT molecular complexity index is 1600. The second-order valence-corrected chi connectivity index (χ2v) is 10.6. The highest BCUT2D eigenvalue weighted by Gasteiger charge is 2.46. The predicted octanol–water partition coefficient (Wildman–Crippen LogP) is 4.90. The monoisotopic (exact) mass is 490 g/mol. The lowest BCUT2D eigenvalue weighted by Crippen LogP contribution is -2.51. The maximum absolute atomic E-state index is 11.2. The first-order chi connectivity index (χ1) is 18.1. The van der Waals surface area contributed by atoms with Crippen LogP contribution in [0, 0.1) is 0 Å². The van der Waals surface area contributed by atoms with E-state index in [1.165, 1.54) is 12.8 Å². The quantitative estimate of drug-likeness (QED) is 0.364. The van der Waals surface area contributed by atoms with Crippen LogP contribution in [-0.2, 0) is 0 Å². The van der Waals surface area contributed by atoms with Crippen molar-refractivity contribution in [2.75, 3.05) is 25.4 Å². The van der Waals surface area contributed by atoms with Gasteiger partial charge in [0.1, 0.15) is 22.9 Å². The molecule has 0 radical (unpaired) electrons. The number of nitrogens with two attached hydrogens (primary N) is 1. The lowest BCUT2D eigenvalue weighted by atomic mass is 9.70. The molecule has 1 aliphatic carbocycles. The minimum Gasteiger partial charge on any atom is -0.389 e. The lowest BCUT2D eigenvalue weighted by Gasteiger charge is -2.45. The van der Waals surface area contributed by atoms with Gasteiger partial charge in [0.2, 0.25) is 0 Å². The number of likely N-dealkylation sites (tertiary alicyclic amines) is 1. The van der Waals surface area contributed by atoms with Gasteiger partial charge in [0, 0.05) is 41.4 Å². The minimum absolute atomic E-state index is 0.180. The van der Waals surface area contributed by atoms with Crippen LogP contribution < -0.4 is 5.73 Å². The van der Waals surface area contributed by atoms with Crippen molar-refractivity contribution in [3.8, 4) is 22.5 Å². The molecule has 4 heterocycles. The van der Waals surface area contributed by atoms with E-state index < -0.39 is 5.60 Å². The SMILES string of the molecule is Nc1nccn2c(C3CC(O)(CN4CCCC4)C3)nc(-c3ccc4ccc(-c5ccccc5)nc4c3)c12. The molecule has 186 valence electrons. The molecule has 3 N–H and O–H groups in total. The van der Waals surface area contributed by atoms with Crippen molar-refractivity contribution >= 4 is 22.2 Å². The van der Waals surface area contributed by atoms with Crippen LogP contribution in [-0.4, -0.2) is 54.6 Å². The molecule has 7 nitrogen and oxygen atoms in total. The summed E-state index contributed by atoms with van der Waals surface area (Å²) in [7, 11) is 0. The van der Waals surface area contributed by atoms with E-state index in [0.29, 0.717) is 18.7 Å². The number of benzene rings is 2. The molecule has 1 saturated carbocycles. The number of β-amino-alcohol motifs (C(OH)–C–C–N with tert-alkyl or cyclic N) is 1. The molecule has 1 aliphatic heterocycles. The third kappa shape index (κ3) is 3.95. The third-order valence-electron chi connectivity index (χ3n) is 7.98. The zero-order valence-electron chi connectivity index (χ0n) is 20.7. The van der Waals surface area contributed by atoms with E-state index in [9.17, 15) is 5.11 Å². The number of hydrogen-bond donors (Lipinski definition) is 2. The van der Waals surface area contributed by atoms with E-state index in [0.717, 1.165) is 64.4 Å². The van der Waals surface area contributed by atoms with Gasteiger partial charge in [0.15, 0.2) is 0 Å². The van der Waals surface area contributed by atoms with Gasteiger partial charge in [-0.25, -0.2) is 15.0 Å². The number of rotatable bonds is 5. The van der Waals surface area contributed by atoms with Gasteiger partial charge >= 0.3 is 0 Å². The smallest absolute Gasteiger partial charge is 0.150 e. The molecule has 0 spiro atoms. The number of aliphatic hydroxyl groups is 1. The number of imidazole rings is 1. The fraction of sp³-hybridized carbons (Fsp3) is 0.300. The summed E-state index contributed by atoms with van der Waals surface area (Å²) < 4.78 is 2.07. The van der Waals surface area contributed by atoms with Gasteiger partial charge in [-0.15, -0.1) is 0 Å². The predicted molar refractivity (Wildman–Crippen MR) is 146 cm³/mol. The van der Waals surface area contributed by atoms with E-state index in [1.807, 2.05) is 24.4 Å². The molecule has 7 rings (SSSR count). The van der Waals surface area contributed by atoms with Crippen LogP contribution in [0.2, 0.25) is 0 Å². The third-order valence-corrected chi connectivity index (χ3v) is 7.98. The Morgan fingerprint density at radius 1 is 0.946 bits per heavy atom. The average Bonchev–Trinajstić information content (AvgIpc) is 3.55. The van der Waals surface area contributed by atoms with Crippen LogP contribution in [0.5, 0.6) is 0 Å². The Hall–Kier alpha value is -3.81. The minimum atomic E-state index is -0.639. The zero-order valence-corrected chi connectivity index (χ0v) is 20.7. The first-order valence-electron chi connectivity index (χ1n) is 13.1. The van der Waals surface area contributed by atoms with E-state index in [2.05, 4.69) is 56.7 Å². The topological polar surface area (TPSA) is 92.6 Å². The first-order valence-corrected chi connectivity index (χ1v) is 13.1. The van der Waals surface area contributed by atoms with Crippen LogP contribution in [0.1, 0.15) is 37.4 Å². The van der Waals surface area contributed by atoms with Gasteiger partial charge in [-0.3, -0.25) is 4.40 Å². The lowest BCUT2D eigenvalue weighted by molar-refractivity contribution is -0.0704. The summed E-state index contributed by atoms with van der Waals surface area (Å²) in [5.74, 6) is 1.57. The molecule has 2 aliphatic rings. The number of nitrogen functional groups attached to an aromatic ring is 1. The highest BCUT2D eigenvalue weighted by molar-refractivity contribution is 5.91. The molecule has 1 saturated heterocycles. The van der Waals surface area contributed by atoms with Gasteiger partial charge in [-0.05, 0) is 50.9 Å². The highest BCUT2D eigenvalue weighted by Crippen LogP contribution is 2.46. The molecule has 2 aromatic carbocycles. The van der Waals surface area contributed by atoms with E-state index in [-0.39, 0.29) is 5.92 Å². The van der Waals surface area contributed by atoms with Crippen molar-refractivity contribution in [2.24, 2.45) is 0 Å². The molecule has 0 amide bonds. The molecule has 37 heavy (non-hydrogen) atoms. The second kappa shape index (κ2) is 8.64. The Kier molecular flexibility index (Phi) is 5.23. The summed E-state index contributed by atoms with van der Waals surface area (Å²) in [5.41, 5.74) is 11.3. The molecule has 5 aromatic rings. The van der Waals surface area contributed by atoms with Gasteiger partial charge in [0.25, 0.3) is 0 Å². The number of anilines is 1. The summed E-state index contributed by atoms with van der Waals surface area (Å²) in [6.07, 6.45) is 7.54.